The molecule has 9 aromatic rings. The van der Waals surface area contributed by atoms with E-state index in [0.29, 0.717) is 11.4 Å². The van der Waals surface area contributed by atoms with E-state index in [4.69, 9.17) is 15.6 Å². The number of nitrogens with two attached hydrogens (primary N) is 1. The first kappa shape index (κ1) is 27.4. The van der Waals surface area contributed by atoms with Crippen LogP contribution in [0.3, 0.4) is 0 Å². The Hall–Kier alpha value is -6.13. The van der Waals surface area contributed by atoms with Crippen LogP contribution in [0.5, 0.6) is 0 Å². The predicted octanol–water partition coefficient (Wildman–Crippen LogP) is 10.6. The lowest BCUT2D eigenvalue weighted by Crippen LogP contribution is -2.02. The lowest BCUT2D eigenvalue weighted by molar-refractivity contribution is 0.673. The van der Waals surface area contributed by atoms with Gasteiger partial charge in [0.15, 0.2) is 0 Å². The Kier molecular flexibility index (Phi) is 6.62. The molecule has 0 bridgehead atoms. The molecule has 0 unspecified atom stereocenters. The third-order valence-corrected chi connectivity index (χ3v) is 8.88. The zero-order valence-electron chi connectivity index (χ0n) is 25.4. The molecule has 0 spiro atoms. The van der Waals surface area contributed by atoms with Crippen LogP contribution in [0.25, 0.3) is 71.0 Å². The van der Waals surface area contributed by atoms with Gasteiger partial charge >= 0.3 is 0 Å². The number of nitrogens with zero attached hydrogens (tertiary/aromatic N) is 1. The maximum Gasteiger partial charge on any atom is 0.143 e. The van der Waals surface area contributed by atoms with Gasteiger partial charge in [0.25, 0.3) is 0 Å². The lowest BCUT2D eigenvalue weighted by atomic mass is 9.97. The molecule has 0 amide bonds. The van der Waals surface area contributed by atoms with Crippen LogP contribution in [0.4, 0.5) is 0 Å². The number of nitrogens with one attached hydrogen (secondary N) is 1. The number of hydrogen-bond donors (Lipinski definition) is 2. The molecule has 0 aliphatic carbocycles. The molecule has 46 heavy (non-hydrogen) atoms. The van der Waals surface area contributed by atoms with Crippen LogP contribution < -0.4 is 5.73 Å². The van der Waals surface area contributed by atoms with Crippen LogP contribution in [-0.2, 0) is 7.05 Å². The van der Waals surface area contributed by atoms with Crippen molar-refractivity contribution in [3.8, 4) is 0 Å². The fourth-order valence-electron chi connectivity index (χ4n) is 6.65. The summed E-state index contributed by atoms with van der Waals surface area (Å²) in [7, 11) is 2.16. The van der Waals surface area contributed by atoms with E-state index in [1.807, 2.05) is 66.7 Å². The van der Waals surface area contributed by atoms with E-state index in [9.17, 15) is 0 Å². The number of furan rings is 1. The summed E-state index contributed by atoms with van der Waals surface area (Å²) in [6, 6.07) is 49.6. The summed E-state index contributed by atoms with van der Waals surface area (Å²) in [6.07, 6.45) is 1.69. The third-order valence-electron chi connectivity index (χ3n) is 8.88. The van der Waals surface area contributed by atoms with E-state index in [1.165, 1.54) is 54.1 Å². The van der Waals surface area contributed by atoms with Crippen LogP contribution in [-0.4, -0.2) is 10.3 Å². The molecule has 0 aliphatic rings. The Morgan fingerprint density at radius 1 is 0.587 bits per heavy atom. The number of aromatic nitrogens is 1. The first-order valence-electron chi connectivity index (χ1n) is 15.4. The summed E-state index contributed by atoms with van der Waals surface area (Å²) in [5, 5.41) is 17.8. The van der Waals surface area contributed by atoms with E-state index in [1.54, 1.807) is 6.08 Å². The molecule has 7 aromatic carbocycles. The van der Waals surface area contributed by atoms with Crippen LogP contribution >= 0.6 is 0 Å². The third kappa shape index (κ3) is 4.51. The summed E-state index contributed by atoms with van der Waals surface area (Å²) in [5.41, 5.74) is 13.3. The number of allylic oxidation sites excluding steroid dienone is 1. The summed E-state index contributed by atoms with van der Waals surface area (Å²) < 4.78 is 8.69. The Balaban J connectivity index is 0.000000158. The normalized spacial score (nSPS) is 11.9. The molecule has 0 saturated carbocycles. The fraction of sp³-hybridized carbons (Fsp3) is 0.0238. The molecular weight excluding hydrogens is 562 g/mol. The highest BCUT2D eigenvalue weighted by molar-refractivity contribution is 6.28. The van der Waals surface area contributed by atoms with Gasteiger partial charge in [-0.25, -0.2) is 0 Å². The first-order chi connectivity index (χ1) is 22.6. The van der Waals surface area contributed by atoms with Gasteiger partial charge in [0, 0.05) is 50.6 Å². The summed E-state index contributed by atoms with van der Waals surface area (Å²) >= 11 is 0. The first-order valence-corrected chi connectivity index (χ1v) is 15.4. The van der Waals surface area contributed by atoms with Crippen LogP contribution in [0.15, 0.2) is 156 Å². The van der Waals surface area contributed by atoms with E-state index >= 15 is 0 Å². The van der Waals surface area contributed by atoms with Crippen molar-refractivity contribution in [1.82, 2.24) is 4.57 Å². The maximum atomic E-state index is 7.95. The topological polar surface area (TPSA) is 67.9 Å². The van der Waals surface area contributed by atoms with E-state index in [0.717, 1.165) is 22.3 Å². The minimum Gasteiger partial charge on any atom is -0.455 e. The largest absolute Gasteiger partial charge is 0.455 e. The number of benzene rings is 7. The molecule has 0 fully saturated rings. The summed E-state index contributed by atoms with van der Waals surface area (Å²) in [5.74, 6) is 0. The van der Waals surface area contributed by atoms with Gasteiger partial charge < -0.3 is 20.1 Å². The number of fused-ring (bicyclic) bond motifs is 11. The smallest absolute Gasteiger partial charge is 0.143 e. The summed E-state index contributed by atoms with van der Waals surface area (Å²) in [4.78, 5) is 0. The monoisotopic (exact) mass is 593 g/mol. The maximum absolute atomic E-state index is 7.95. The van der Waals surface area contributed by atoms with Crippen molar-refractivity contribution in [2.24, 2.45) is 12.8 Å². The molecule has 2 aromatic heterocycles. The van der Waals surface area contributed by atoms with Gasteiger partial charge in [0.2, 0.25) is 0 Å². The molecule has 220 valence electrons. The number of aryl methyl sites for hydroxylation is 1. The van der Waals surface area contributed by atoms with Crippen molar-refractivity contribution in [3.05, 3.63) is 163 Å². The summed E-state index contributed by atoms with van der Waals surface area (Å²) in [6.45, 7) is 0. The highest BCUT2D eigenvalue weighted by atomic mass is 16.3. The van der Waals surface area contributed by atoms with Gasteiger partial charge in [0.05, 0.1) is 11.2 Å². The molecule has 0 radical (unpaired) electrons. The second kappa shape index (κ2) is 11.1. The van der Waals surface area contributed by atoms with Gasteiger partial charge in [-0.3, -0.25) is 0 Å². The average molecular weight is 594 g/mol. The van der Waals surface area contributed by atoms with Gasteiger partial charge in [0.1, 0.15) is 11.2 Å². The molecule has 3 N–H and O–H groups in total. The van der Waals surface area contributed by atoms with Crippen molar-refractivity contribution >= 4 is 76.7 Å². The van der Waals surface area contributed by atoms with Gasteiger partial charge in [-0.2, -0.15) is 0 Å². The number of rotatable bonds is 3. The quantitative estimate of drug-likeness (QED) is 0.158. The minimum absolute atomic E-state index is 0.423. The van der Waals surface area contributed by atoms with E-state index in [-0.39, 0.29) is 0 Å². The standard InChI is InChI=1S/C27H17NO.C15H14N2/c1-28-23-8-4-2-6-17(23)20-15-14-19-21(26(20)28)12-10-16-11-13-22-18-7-3-5-9-24(18)29-27(22)25(16)19;16-14(12-7-3-1-4-8-12)11-15(17)13-9-5-2-6-10-13/h2-15H,1H3;1-11,16H,17H2/b;15-11-,16-14?. The van der Waals surface area contributed by atoms with Gasteiger partial charge in [-0.1, -0.05) is 127 Å². The Bertz CT molecular complexity index is 2610. The van der Waals surface area contributed by atoms with Crippen molar-refractivity contribution in [2.75, 3.05) is 0 Å². The molecule has 2 heterocycles. The molecule has 0 aliphatic heterocycles. The zero-order chi connectivity index (χ0) is 31.2. The van der Waals surface area contributed by atoms with Crippen LogP contribution in [0.1, 0.15) is 11.1 Å². The van der Waals surface area contributed by atoms with E-state index in [2.05, 4.69) is 90.5 Å². The highest BCUT2D eigenvalue weighted by Gasteiger charge is 2.16. The minimum atomic E-state index is 0.423. The zero-order valence-corrected chi connectivity index (χ0v) is 25.4. The van der Waals surface area contributed by atoms with Crippen molar-refractivity contribution in [1.29, 1.82) is 5.41 Å². The Morgan fingerprint density at radius 2 is 1.15 bits per heavy atom. The van der Waals surface area contributed by atoms with Gasteiger partial charge in [-0.05, 0) is 46.2 Å². The van der Waals surface area contributed by atoms with Crippen LogP contribution in [0, 0.1) is 5.41 Å². The second-order valence-corrected chi connectivity index (χ2v) is 11.6. The SMILES string of the molecule is Cn1c2ccccc2c2ccc3c(ccc4ccc5c6ccccc6oc5c43)c21.N=C(/C=C(\N)c1ccccc1)c1ccccc1. The predicted molar refractivity (Wildman–Crippen MR) is 195 cm³/mol. The average Bonchev–Trinajstić information content (AvgIpc) is 3.64. The van der Waals surface area contributed by atoms with Crippen molar-refractivity contribution in [3.63, 3.8) is 0 Å². The lowest BCUT2D eigenvalue weighted by Gasteiger charge is -2.08. The van der Waals surface area contributed by atoms with E-state index < -0.39 is 0 Å². The van der Waals surface area contributed by atoms with Crippen LogP contribution in [0.2, 0.25) is 0 Å². The second-order valence-electron chi connectivity index (χ2n) is 11.6. The van der Waals surface area contributed by atoms with Crippen molar-refractivity contribution < 1.29 is 4.42 Å². The molecule has 4 nitrogen and oxygen atoms in total. The Morgan fingerprint density at radius 3 is 1.91 bits per heavy atom. The molecule has 0 atom stereocenters. The number of hydrogen-bond acceptors (Lipinski definition) is 3. The van der Waals surface area contributed by atoms with Crippen molar-refractivity contribution in [2.45, 2.75) is 0 Å². The Labute approximate surface area is 266 Å². The molecule has 0 saturated heterocycles. The highest BCUT2D eigenvalue weighted by Crippen LogP contribution is 2.40. The molecule has 9 rings (SSSR count). The number of para-hydroxylation sites is 2. The molecule has 4 heteroatoms. The van der Waals surface area contributed by atoms with Gasteiger partial charge in [-0.15, -0.1) is 0 Å². The molecular formula is C42H31N3O. The fourth-order valence-corrected chi connectivity index (χ4v) is 6.65.